The molecule has 4 aromatic carbocycles. The van der Waals surface area contributed by atoms with Crippen LogP contribution in [0.15, 0.2) is 88.1 Å². The van der Waals surface area contributed by atoms with Crippen molar-refractivity contribution in [2.45, 2.75) is 71.3 Å². The summed E-state index contributed by atoms with van der Waals surface area (Å²) in [7, 11) is 0. The largest absolute Gasteiger partial charge is 0.493 e. The summed E-state index contributed by atoms with van der Waals surface area (Å²) in [5.74, 6) is -2.04. The molecule has 384 valence electrons. The van der Waals surface area contributed by atoms with Crippen LogP contribution in [0.3, 0.4) is 0 Å². The van der Waals surface area contributed by atoms with Crippen LogP contribution in [-0.2, 0) is 33.3 Å². The van der Waals surface area contributed by atoms with Crippen LogP contribution in [0.25, 0.3) is 33.4 Å². The molecule has 1 unspecified atom stereocenters. The molecule has 0 bridgehead atoms. The van der Waals surface area contributed by atoms with E-state index in [0.29, 0.717) is 83.8 Å². The highest BCUT2D eigenvalue weighted by Gasteiger charge is 2.48. The zero-order valence-electron chi connectivity index (χ0n) is 40.9. The number of anilines is 1. The van der Waals surface area contributed by atoms with Crippen molar-refractivity contribution in [3.63, 3.8) is 0 Å². The van der Waals surface area contributed by atoms with Gasteiger partial charge in [0.25, 0.3) is 17.7 Å². The number of esters is 1. The molecule has 1 aliphatic carbocycles. The fraction of sp³-hybridized carbons (Fsp3) is 0.400. The predicted molar refractivity (Wildman–Crippen MR) is 270 cm³/mol. The molecule has 8 rings (SSSR count). The summed E-state index contributed by atoms with van der Waals surface area (Å²) in [4.78, 5) is 93.2. The van der Waals surface area contributed by atoms with Crippen LogP contribution in [0.2, 0.25) is 5.02 Å². The Morgan fingerprint density at radius 3 is 2.22 bits per heavy atom. The number of hydrogen-bond acceptors (Lipinski definition) is 15. The third-order valence-corrected chi connectivity index (χ3v) is 13.3. The van der Waals surface area contributed by atoms with Gasteiger partial charge in [-0.25, -0.2) is 4.90 Å². The van der Waals surface area contributed by atoms with Gasteiger partial charge >= 0.3 is 5.97 Å². The lowest BCUT2D eigenvalue weighted by atomic mass is 9.87. The second-order valence-corrected chi connectivity index (χ2v) is 18.3. The third-order valence-electron chi connectivity index (χ3n) is 13.0. The van der Waals surface area contributed by atoms with Crippen LogP contribution in [0, 0.1) is 5.92 Å². The van der Waals surface area contributed by atoms with Gasteiger partial charge in [-0.3, -0.25) is 38.5 Å². The van der Waals surface area contributed by atoms with Gasteiger partial charge in [0.1, 0.15) is 35.5 Å². The Morgan fingerprint density at radius 2 is 1.48 bits per heavy atom. The van der Waals surface area contributed by atoms with Crippen molar-refractivity contribution in [3.8, 4) is 33.9 Å². The standard InChI is InChI=1S/C55H58ClN3O14/c1-3-70-47-32-49-42(30-41(47)37-12-7-11-36(28-37)34(2)60)45(61)31-48(73-49)39-16-15-38(29-43(39)56)57-19-20-67-21-22-68-23-24-69-25-26-71-46-14-8-13-40-52(46)55(66)59(53(40)64)44-17-18-50(62)58(54(44)65)33-72-51(63)27-35-9-5-4-6-10-35/h7-8,11-16,28-32,35,44,57H,3-6,9-10,17-27,33H2,1-2H3. The molecule has 1 saturated carbocycles. The zero-order valence-corrected chi connectivity index (χ0v) is 41.6. The smallest absolute Gasteiger partial charge is 0.307 e. The first-order valence-corrected chi connectivity index (χ1v) is 25.1. The van der Waals surface area contributed by atoms with Gasteiger partial charge in [-0.2, -0.15) is 0 Å². The molecule has 0 radical (unpaired) electrons. The van der Waals surface area contributed by atoms with E-state index in [-0.39, 0.29) is 73.1 Å². The lowest BCUT2D eigenvalue weighted by Gasteiger charge is -2.34. The van der Waals surface area contributed by atoms with Gasteiger partial charge in [-0.1, -0.05) is 55.1 Å². The molecule has 4 amide bonds. The van der Waals surface area contributed by atoms with Gasteiger partial charge in [-0.05, 0) is 87.1 Å². The lowest BCUT2D eigenvalue weighted by molar-refractivity contribution is -0.164. The first-order chi connectivity index (χ1) is 35.4. The minimum absolute atomic E-state index is 0.0280. The quantitative estimate of drug-likeness (QED) is 0.0266. The Kier molecular flexibility index (Phi) is 17.7. The number of nitrogens with one attached hydrogen (secondary N) is 1. The molecule has 3 aliphatic rings. The number of hydrogen-bond donors (Lipinski definition) is 1. The Morgan fingerprint density at radius 1 is 0.740 bits per heavy atom. The normalized spacial score (nSPS) is 16.0. The molecule has 73 heavy (non-hydrogen) atoms. The Balaban J connectivity index is 0.721. The number of amides is 4. The van der Waals surface area contributed by atoms with Crippen LogP contribution in [0.4, 0.5) is 5.69 Å². The first kappa shape index (κ1) is 52.4. The van der Waals surface area contributed by atoms with Gasteiger partial charge < -0.3 is 38.2 Å². The van der Waals surface area contributed by atoms with E-state index < -0.39 is 42.4 Å². The highest BCUT2D eigenvalue weighted by molar-refractivity contribution is 6.33. The number of fused-ring (bicyclic) bond motifs is 2. The van der Waals surface area contributed by atoms with E-state index in [0.717, 1.165) is 53.2 Å². The van der Waals surface area contributed by atoms with Crippen molar-refractivity contribution < 1.29 is 61.6 Å². The van der Waals surface area contributed by atoms with Gasteiger partial charge in [0, 0.05) is 53.9 Å². The van der Waals surface area contributed by atoms with Gasteiger partial charge in [0.05, 0.1) is 67.8 Å². The number of benzene rings is 4. The van der Waals surface area contributed by atoms with E-state index in [1.807, 2.05) is 19.1 Å². The maximum atomic E-state index is 13.7. The second-order valence-electron chi connectivity index (χ2n) is 17.9. The Bertz CT molecular complexity index is 2930. The fourth-order valence-electron chi connectivity index (χ4n) is 9.26. The molecule has 1 atom stereocenters. The molecule has 0 spiro atoms. The number of likely N-dealkylation sites (tertiary alicyclic amines) is 1. The first-order valence-electron chi connectivity index (χ1n) is 24.7. The summed E-state index contributed by atoms with van der Waals surface area (Å²) in [5.41, 5.74) is 3.45. The van der Waals surface area contributed by atoms with Gasteiger partial charge in [0.2, 0.25) is 5.91 Å². The summed E-state index contributed by atoms with van der Waals surface area (Å²) in [6.45, 7) is 5.54. The molecule has 1 aromatic heterocycles. The summed E-state index contributed by atoms with van der Waals surface area (Å²) in [6, 6.07) is 20.7. The van der Waals surface area contributed by atoms with Crippen LogP contribution in [-0.4, -0.2) is 117 Å². The molecule has 2 aliphatic heterocycles. The number of ketones is 1. The maximum Gasteiger partial charge on any atom is 0.307 e. The second kappa shape index (κ2) is 24.7. The molecular weight excluding hydrogens is 962 g/mol. The van der Waals surface area contributed by atoms with E-state index >= 15 is 0 Å². The van der Waals surface area contributed by atoms with Crippen LogP contribution < -0.4 is 20.2 Å². The minimum Gasteiger partial charge on any atom is -0.493 e. The van der Waals surface area contributed by atoms with Crippen LogP contribution in [0.5, 0.6) is 11.5 Å². The molecule has 2 fully saturated rings. The molecule has 5 aromatic rings. The number of carbonyl (C=O) groups excluding carboxylic acids is 6. The predicted octanol–water partition coefficient (Wildman–Crippen LogP) is 8.51. The third kappa shape index (κ3) is 12.6. The van der Waals surface area contributed by atoms with Crippen LogP contribution in [0.1, 0.15) is 96.3 Å². The number of rotatable bonds is 24. The number of carbonyl (C=O) groups is 6. The van der Waals surface area contributed by atoms with E-state index in [9.17, 15) is 33.6 Å². The van der Waals surface area contributed by atoms with E-state index in [1.54, 1.807) is 54.6 Å². The van der Waals surface area contributed by atoms with Crippen molar-refractivity contribution in [1.82, 2.24) is 9.80 Å². The highest BCUT2D eigenvalue weighted by atomic mass is 35.5. The molecule has 3 heterocycles. The number of imide groups is 2. The van der Waals surface area contributed by atoms with Crippen molar-refractivity contribution >= 4 is 63.6 Å². The summed E-state index contributed by atoms with van der Waals surface area (Å²) in [5, 5.41) is 4.01. The number of nitrogens with zero attached hydrogens (tertiary/aromatic N) is 2. The summed E-state index contributed by atoms with van der Waals surface area (Å²) < 4.78 is 40.3. The number of Topliss-reactive ketones (excluding diaryl/α,β-unsaturated/α-hetero) is 1. The Hall–Kier alpha value is -6.92. The van der Waals surface area contributed by atoms with Crippen molar-refractivity contribution in [1.29, 1.82) is 0 Å². The highest BCUT2D eigenvalue weighted by Crippen LogP contribution is 2.38. The van der Waals surface area contributed by atoms with Crippen LogP contribution >= 0.6 is 11.6 Å². The summed E-state index contributed by atoms with van der Waals surface area (Å²) in [6.07, 6.45) is 5.21. The van der Waals surface area contributed by atoms with Gasteiger partial charge in [-0.15, -0.1) is 0 Å². The summed E-state index contributed by atoms with van der Waals surface area (Å²) >= 11 is 6.70. The molecule has 1 saturated heterocycles. The van der Waals surface area contributed by atoms with E-state index in [1.165, 1.54) is 19.1 Å². The average Bonchev–Trinajstić information content (AvgIpc) is 3.64. The van der Waals surface area contributed by atoms with E-state index in [4.69, 9.17) is 44.4 Å². The molecule has 1 N–H and O–H groups in total. The number of ether oxygens (including phenoxy) is 6. The fourth-order valence-corrected chi connectivity index (χ4v) is 9.54. The maximum absolute atomic E-state index is 13.7. The average molecular weight is 1020 g/mol. The zero-order chi connectivity index (χ0) is 51.4. The lowest BCUT2D eigenvalue weighted by Crippen LogP contribution is -2.56. The number of piperidine rings is 1. The Labute approximate surface area is 426 Å². The molecule has 17 nitrogen and oxygen atoms in total. The van der Waals surface area contributed by atoms with E-state index in [2.05, 4.69) is 5.32 Å². The van der Waals surface area contributed by atoms with Crippen molar-refractivity contribution in [2.24, 2.45) is 5.92 Å². The molecule has 18 heteroatoms. The van der Waals surface area contributed by atoms with Gasteiger partial charge in [0.15, 0.2) is 17.9 Å². The minimum atomic E-state index is -1.24. The number of halogens is 1. The molecular formula is C55H58ClN3O14. The SMILES string of the molecule is CCOc1cc2oc(-c3ccc(NCCOCCOCCOCCOc4cccc5c4C(=O)N(C4CCC(=O)N(COC(=O)CC6CCCCC6)C4=O)C5=O)cc3Cl)cc(=O)c2cc1-c1cccc(C(C)=O)c1. The topological polar surface area (TPSA) is 207 Å². The van der Waals surface area contributed by atoms with Crippen molar-refractivity contribution in [2.75, 3.05) is 71.4 Å². The monoisotopic (exact) mass is 1020 g/mol. The van der Waals surface area contributed by atoms with Crippen molar-refractivity contribution in [3.05, 3.63) is 111 Å².